The fourth-order valence-electron chi connectivity index (χ4n) is 2.80. The van der Waals surface area contributed by atoms with Gasteiger partial charge in [0.25, 0.3) is 0 Å². The molecule has 0 fully saturated rings. The summed E-state index contributed by atoms with van der Waals surface area (Å²) in [6.07, 6.45) is 14.3. The van der Waals surface area contributed by atoms with E-state index in [0.29, 0.717) is 0 Å². The van der Waals surface area contributed by atoms with Gasteiger partial charge in [-0.2, -0.15) is 0 Å². The van der Waals surface area contributed by atoms with E-state index in [1.807, 2.05) is 0 Å². The van der Waals surface area contributed by atoms with Crippen molar-refractivity contribution >= 4 is 38.3 Å². The normalized spacial score (nSPS) is 15.0. The Morgan fingerprint density at radius 3 is 1.73 bits per heavy atom. The van der Waals surface area contributed by atoms with Gasteiger partial charge in [0.05, 0.1) is 0 Å². The van der Waals surface area contributed by atoms with Crippen LogP contribution in [-0.2, 0) is 14.6 Å². The molecule has 0 bridgehead atoms. The van der Waals surface area contributed by atoms with Gasteiger partial charge in [0.1, 0.15) is 0 Å². The summed E-state index contributed by atoms with van der Waals surface area (Å²) in [5.41, 5.74) is 0. The van der Waals surface area contributed by atoms with Crippen molar-refractivity contribution in [2.75, 3.05) is 6.61 Å². The fourth-order valence-corrected chi connectivity index (χ4v) is 4.29. The maximum atomic E-state index is 10.9. The fraction of sp³-hybridized carbons (Fsp3) is 1.00. The van der Waals surface area contributed by atoms with E-state index in [9.17, 15) is 8.42 Å². The molecule has 0 saturated carbocycles. The number of unbranched alkanes of at least 4 members (excludes halogenated alkanes) is 8. The predicted molar refractivity (Wildman–Crippen MR) is 92.7 cm³/mol. The number of hydrogen-bond donors (Lipinski definition) is 1. The summed E-state index contributed by atoms with van der Waals surface area (Å²) in [6, 6.07) is 0. The second-order valence-electron chi connectivity index (χ2n) is 6.83. The van der Waals surface area contributed by atoms with E-state index >= 15 is 0 Å². The average molecular weight is 344 g/mol. The molecule has 0 radical (unpaired) electrons. The molecule has 0 aliphatic carbocycles. The van der Waals surface area contributed by atoms with E-state index in [0.717, 1.165) is 53.6 Å². The van der Waals surface area contributed by atoms with Crippen molar-refractivity contribution in [3.05, 3.63) is 0 Å². The molecular formula is C16H33NaO4S. The van der Waals surface area contributed by atoms with E-state index in [2.05, 4.69) is 13.8 Å². The summed E-state index contributed by atoms with van der Waals surface area (Å²) in [4.78, 5) is 0. The summed E-state index contributed by atoms with van der Waals surface area (Å²) < 4.78 is 35.2. The van der Waals surface area contributed by atoms with E-state index in [1.54, 1.807) is 0 Å². The Balaban J connectivity index is 4.19. The second kappa shape index (κ2) is 13.2. The summed E-state index contributed by atoms with van der Waals surface area (Å²) in [7, 11) is -4.31. The van der Waals surface area contributed by atoms with Gasteiger partial charge in [-0.1, -0.05) is 0 Å². The van der Waals surface area contributed by atoms with E-state index in [-0.39, 0.29) is 9.27 Å². The Labute approximate surface area is 155 Å². The van der Waals surface area contributed by atoms with Crippen LogP contribution < -0.4 is 0 Å². The number of rotatable bonds is 15. The van der Waals surface area contributed by atoms with Gasteiger partial charge in [0, 0.05) is 0 Å². The van der Waals surface area contributed by atoms with Crippen LogP contribution in [0.2, 0.25) is 2.66 Å². The van der Waals surface area contributed by atoms with Crippen molar-refractivity contribution in [1.29, 1.82) is 0 Å². The third-order valence-electron chi connectivity index (χ3n) is 4.32. The minimum atomic E-state index is -4.31. The molecule has 0 saturated heterocycles. The zero-order valence-electron chi connectivity index (χ0n) is 14.8. The van der Waals surface area contributed by atoms with Crippen LogP contribution in [0.4, 0.5) is 0 Å². The molecule has 0 aromatic carbocycles. The van der Waals surface area contributed by atoms with Gasteiger partial charge in [0.2, 0.25) is 0 Å². The van der Waals surface area contributed by atoms with Crippen LogP contribution in [-0.4, -0.2) is 47.5 Å². The Morgan fingerprint density at radius 1 is 0.864 bits per heavy atom. The van der Waals surface area contributed by atoms with Gasteiger partial charge >= 0.3 is 156 Å². The summed E-state index contributed by atoms with van der Waals surface area (Å²) >= 11 is 0.899. The number of hydrogen-bond acceptors (Lipinski definition) is 3. The molecule has 22 heavy (non-hydrogen) atoms. The van der Waals surface area contributed by atoms with Crippen LogP contribution >= 0.6 is 0 Å². The van der Waals surface area contributed by atoms with Crippen molar-refractivity contribution in [2.45, 2.75) is 93.6 Å². The van der Waals surface area contributed by atoms with Crippen LogP contribution in [0.25, 0.3) is 0 Å². The molecule has 0 rings (SSSR count). The molecule has 0 aromatic rings. The summed E-state index contributed by atoms with van der Waals surface area (Å²) in [5, 5.41) is 0. The van der Waals surface area contributed by atoms with Gasteiger partial charge < -0.3 is 0 Å². The zero-order valence-corrected chi connectivity index (χ0v) is 17.6. The van der Waals surface area contributed by atoms with Crippen LogP contribution in [0.3, 0.4) is 0 Å². The third kappa shape index (κ3) is 14.5. The zero-order chi connectivity index (χ0) is 16.9. The molecule has 0 spiro atoms. The molecule has 0 aliphatic rings. The van der Waals surface area contributed by atoms with Crippen LogP contribution in [0.15, 0.2) is 0 Å². The first-order chi connectivity index (χ1) is 10.3. The van der Waals surface area contributed by atoms with Crippen molar-refractivity contribution in [1.82, 2.24) is 0 Å². The van der Waals surface area contributed by atoms with Crippen molar-refractivity contribution < 1.29 is 17.2 Å². The summed E-state index contributed by atoms with van der Waals surface area (Å²) in [6.45, 7) is 4.55. The first-order valence-corrected chi connectivity index (χ1v) is 11.3. The van der Waals surface area contributed by atoms with E-state index < -0.39 is 10.4 Å². The molecule has 0 amide bonds. The average Bonchev–Trinajstić information content (AvgIpc) is 2.45. The molecule has 128 valence electrons. The molecule has 0 aliphatic heterocycles. The molecule has 0 aromatic heterocycles. The molecule has 6 heteroatoms. The molecule has 1 unspecified atom stereocenters. The molecule has 1 atom stereocenters. The topological polar surface area (TPSA) is 63.6 Å². The Morgan fingerprint density at radius 2 is 1.27 bits per heavy atom. The van der Waals surface area contributed by atoms with Crippen molar-refractivity contribution in [3.8, 4) is 0 Å². The molecule has 4 nitrogen and oxygen atoms in total. The monoisotopic (exact) mass is 344 g/mol. The van der Waals surface area contributed by atoms with Gasteiger partial charge in [-0.3, -0.25) is 0 Å². The van der Waals surface area contributed by atoms with Crippen molar-refractivity contribution in [3.63, 3.8) is 0 Å². The van der Waals surface area contributed by atoms with Gasteiger partial charge in [-0.25, -0.2) is 0 Å². The first kappa shape index (κ1) is 22.9. The third-order valence-corrected chi connectivity index (χ3v) is 6.03. The second-order valence-corrected chi connectivity index (χ2v) is 10.0. The molecular weight excluding hydrogens is 311 g/mol. The van der Waals surface area contributed by atoms with Crippen LogP contribution in [0, 0.1) is 0 Å². The van der Waals surface area contributed by atoms with Crippen LogP contribution in [0.1, 0.15) is 90.9 Å². The molecule has 1 N–H and O–H groups in total. The standard InChI is InChI=1S/C16H33O4S.Na/c1-3-5-7-9-10-12-14-16(13-11-8-6-4-2)15-20-21(17,18)19;/h3-15H2,1-2H3,(H,17,18,19);. The van der Waals surface area contributed by atoms with Crippen LogP contribution in [0.5, 0.6) is 0 Å². The first-order valence-electron chi connectivity index (χ1n) is 8.95. The maximum absolute atomic E-state index is 10.9. The Bertz CT molecular complexity index is 359. The molecule has 0 heterocycles. The predicted octanol–water partition coefficient (Wildman–Crippen LogP) is 4.85. The SMILES string of the molecule is CCCCCCCC[C]([Na])(CCCCCC)COS(=O)(=O)O. The van der Waals surface area contributed by atoms with Gasteiger partial charge in [0.15, 0.2) is 0 Å². The van der Waals surface area contributed by atoms with E-state index in [4.69, 9.17) is 8.74 Å². The quantitative estimate of drug-likeness (QED) is 0.262. The van der Waals surface area contributed by atoms with E-state index in [1.165, 1.54) is 51.4 Å². The van der Waals surface area contributed by atoms with Gasteiger partial charge in [-0.05, 0) is 0 Å². The Hall–Kier alpha value is 0.870. The summed E-state index contributed by atoms with van der Waals surface area (Å²) in [5.74, 6) is 0. The van der Waals surface area contributed by atoms with Crippen molar-refractivity contribution in [2.24, 2.45) is 0 Å². The minimum absolute atomic E-state index is 0.0195. The Kier molecular flexibility index (Phi) is 13.7. The van der Waals surface area contributed by atoms with Gasteiger partial charge in [-0.15, -0.1) is 0 Å².